The SMILES string of the molecule is CC1=CCC2C(=O)N(c3ccccc3OC(=O)c3ccccc3F)C(=O)C2C1. The molecule has 2 aromatic rings. The van der Waals surface area contributed by atoms with E-state index in [9.17, 15) is 18.8 Å². The van der Waals surface area contributed by atoms with Gasteiger partial charge < -0.3 is 4.74 Å². The van der Waals surface area contributed by atoms with E-state index in [2.05, 4.69) is 0 Å². The predicted molar refractivity (Wildman–Crippen MR) is 100 cm³/mol. The Kier molecular flexibility index (Phi) is 4.55. The van der Waals surface area contributed by atoms with Crippen LogP contribution in [0.1, 0.15) is 30.1 Å². The molecule has 2 unspecified atom stereocenters. The van der Waals surface area contributed by atoms with Crippen molar-refractivity contribution in [2.45, 2.75) is 19.8 Å². The van der Waals surface area contributed by atoms with Crippen molar-refractivity contribution in [3.63, 3.8) is 0 Å². The summed E-state index contributed by atoms with van der Waals surface area (Å²) in [6, 6.07) is 11.8. The summed E-state index contributed by atoms with van der Waals surface area (Å²) in [4.78, 5) is 39.3. The molecule has 142 valence electrons. The molecule has 5 nitrogen and oxygen atoms in total. The molecule has 1 fully saturated rings. The second-order valence-corrected chi connectivity index (χ2v) is 7.05. The number of hydrogen-bond acceptors (Lipinski definition) is 4. The number of esters is 1. The lowest BCUT2D eigenvalue weighted by molar-refractivity contribution is -0.122. The van der Waals surface area contributed by atoms with Crippen LogP contribution in [-0.2, 0) is 9.59 Å². The third-order valence-electron chi connectivity index (χ3n) is 5.23. The van der Waals surface area contributed by atoms with Crippen LogP contribution in [0.2, 0.25) is 0 Å². The lowest BCUT2D eigenvalue weighted by Crippen LogP contribution is -2.31. The Bertz CT molecular complexity index is 1010. The smallest absolute Gasteiger partial charge is 0.346 e. The molecule has 1 aliphatic carbocycles. The standard InChI is InChI=1S/C22H18FNO4/c1-13-10-11-14-16(12-13)21(26)24(20(14)25)18-8-4-5-9-19(18)28-22(27)15-6-2-3-7-17(15)23/h2-10,14,16H,11-12H2,1H3. The van der Waals surface area contributed by atoms with E-state index in [1.807, 2.05) is 13.0 Å². The number of imide groups is 1. The van der Waals surface area contributed by atoms with E-state index in [-0.39, 0.29) is 28.8 Å². The molecule has 0 spiro atoms. The Hall–Kier alpha value is -3.28. The normalized spacial score (nSPS) is 21.4. The van der Waals surface area contributed by atoms with Gasteiger partial charge in [-0.05, 0) is 44.0 Å². The summed E-state index contributed by atoms with van der Waals surface area (Å²) < 4.78 is 19.2. The minimum absolute atomic E-state index is 0.0424. The molecule has 28 heavy (non-hydrogen) atoms. The molecule has 2 amide bonds. The molecular weight excluding hydrogens is 361 g/mol. The Morgan fingerprint density at radius 1 is 1.04 bits per heavy atom. The number of carbonyl (C=O) groups is 3. The van der Waals surface area contributed by atoms with Crippen molar-refractivity contribution in [3.8, 4) is 5.75 Å². The average molecular weight is 379 g/mol. The van der Waals surface area contributed by atoms with Crippen molar-refractivity contribution in [1.29, 1.82) is 0 Å². The van der Waals surface area contributed by atoms with Crippen LogP contribution >= 0.6 is 0 Å². The van der Waals surface area contributed by atoms with Gasteiger partial charge in [0.05, 0.1) is 23.1 Å². The van der Waals surface area contributed by atoms with Gasteiger partial charge in [-0.2, -0.15) is 0 Å². The largest absolute Gasteiger partial charge is 0.421 e. The van der Waals surface area contributed by atoms with Crippen LogP contribution in [0.3, 0.4) is 0 Å². The van der Waals surface area contributed by atoms with Crippen molar-refractivity contribution >= 4 is 23.5 Å². The van der Waals surface area contributed by atoms with Gasteiger partial charge >= 0.3 is 5.97 Å². The summed E-state index contributed by atoms with van der Waals surface area (Å²) in [7, 11) is 0. The number of allylic oxidation sites excluding steroid dienone is 2. The molecule has 2 aromatic carbocycles. The fraction of sp³-hybridized carbons (Fsp3) is 0.227. The molecule has 1 heterocycles. The number of benzene rings is 2. The minimum atomic E-state index is -0.889. The van der Waals surface area contributed by atoms with Crippen LogP contribution in [0.15, 0.2) is 60.2 Å². The number of hydrogen-bond donors (Lipinski definition) is 0. The monoisotopic (exact) mass is 379 g/mol. The van der Waals surface area contributed by atoms with Crippen LogP contribution in [0.4, 0.5) is 10.1 Å². The Balaban J connectivity index is 1.66. The summed E-state index contributed by atoms with van der Waals surface area (Å²) >= 11 is 0. The highest BCUT2D eigenvalue weighted by Crippen LogP contribution is 2.42. The van der Waals surface area contributed by atoms with Gasteiger partial charge in [0.2, 0.25) is 11.8 Å². The minimum Gasteiger partial charge on any atom is -0.421 e. The molecule has 2 aliphatic rings. The maximum Gasteiger partial charge on any atom is 0.346 e. The zero-order chi connectivity index (χ0) is 19.8. The summed E-state index contributed by atoms with van der Waals surface area (Å²) in [5.41, 5.74) is 1.07. The van der Waals surface area contributed by atoms with Gasteiger partial charge in [0.25, 0.3) is 0 Å². The number of amides is 2. The Morgan fingerprint density at radius 2 is 1.71 bits per heavy atom. The third kappa shape index (κ3) is 3.01. The average Bonchev–Trinajstić information content (AvgIpc) is 2.92. The fourth-order valence-electron chi connectivity index (χ4n) is 3.78. The number of ether oxygens (including phenoxy) is 1. The second-order valence-electron chi connectivity index (χ2n) is 7.05. The lowest BCUT2D eigenvalue weighted by Gasteiger charge is -2.19. The molecule has 1 aliphatic heterocycles. The van der Waals surface area contributed by atoms with E-state index in [4.69, 9.17) is 4.74 Å². The van der Waals surface area contributed by atoms with Gasteiger partial charge in [0.1, 0.15) is 5.82 Å². The maximum atomic E-state index is 13.9. The van der Waals surface area contributed by atoms with Crippen LogP contribution in [0, 0.1) is 17.7 Å². The third-order valence-corrected chi connectivity index (χ3v) is 5.23. The highest BCUT2D eigenvalue weighted by molar-refractivity contribution is 6.23. The molecule has 1 saturated heterocycles. The van der Waals surface area contributed by atoms with E-state index in [1.54, 1.807) is 18.2 Å². The number of rotatable bonds is 3. The van der Waals surface area contributed by atoms with Gasteiger partial charge in [0, 0.05) is 0 Å². The van der Waals surface area contributed by atoms with Crippen molar-refractivity contribution < 1.29 is 23.5 Å². The van der Waals surface area contributed by atoms with E-state index >= 15 is 0 Å². The molecule has 4 rings (SSSR count). The van der Waals surface area contributed by atoms with E-state index < -0.39 is 23.6 Å². The summed E-state index contributed by atoms with van der Waals surface area (Å²) in [6.45, 7) is 1.95. The van der Waals surface area contributed by atoms with E-state index in [0.717, 1.165) is 16.5 Å². The second kappa shape index (κ2) is 7.03. The Labute approximate surface area is 161 Å². The van der Waals surface area contributed by atoms with Gasteiger partial charge in [-0.25, -0.2) is 14.1 Å². The fourth-order valence-corrected chi connectivity index (χ4v) is 3.78. The van der Waals surface area contributed by atoms with Crippen LogP contribution in [0.5, 0.6) is 5.75 Å². The first-order valence-electron chi connectivity index (χ1n) is 9.06. The van der Waals surface area contributed by atoms with Gasteiger partial charge in [0.15, 0.2) is 5.75 Å². The van der Waals surface area contributed by atoms with Crippen LogP contribution in [0.25, 0.3) is 0 Å². The van der Waals surface area contributed by atoms with Crippen LogP contribution < -0.4 is 9.64 Å². The molecule has 0 aromatic heterocycles. The molecule has 0 saturated carbocycles. The number of halogens is 1. The summed E-state index contributed by atoms with van der Waals surface area (Å²) in [6.07, 6.45) is 3.05. The zero-order valence-corrected chi connectivity index (χ0v) is 15.2. The first-order valence-corrected chi connectivity index (χ1v) is 9.06. The highest BCUT2D eigenvalue weighted by Gasteiger charge is 2.49. The quantitative estimate of drug-likeness (QED) is 0.351. The molecule has 6 heteroatoms. The molecule has 0 N–H and O–H groups in total. The Morgan fingerprint density at radius 3 is 2.50 bits per heavy atom. The summed E-state index contributed by atoms with van der Waals surface area (Å²) in [5, 5.41) is 0. The van der Waals surface area contributed by atoms with Crippen molar-refractivity contribution in [2.24, 2.45) is 11.8 Å². The number of fused-ring (bicyclic) bond motifs is 1. The van der Waals surface area contributed by atoms with Crippen molar-refractivity contribution in [2.75, 3.05) is 4.90 Å². The first kappa shape index (κ1) is 18.1. The van der Waals surface area contributed by atoms with Crippen molar-refractivity contribution in [1.82, 2.24) is 0 Å². The number of nitrogens with zero attached hydrogens (tertiary/aromatic N) is 1. The first-order chi connectivity index (χ1) is 13.5. The topological polar surface area (TPSA) is 63.7 Å². The molecule has 0 bridgehead atoms. The van der Waals surface area contributed by atoms with Crippen LogP contribution in [-0.4, -0.2) is 17.8 Å². The zero-order valence-electron chi connectivity index (χ0n) is 15.2. The van der Waals surface area contributed by atoms with Gasteiger partial charge in [-0.1, -0.05) is 35.9 Å². The lowest BCUT2D eigenvalue weighted by atomic mass is 9.82. The van der Waals surface area contributed by atoms with Gasteiger partial charge in [-0.15, -0.1) is 0 Å². The van der Waals surface area contributed by atoms with E-state index in [1.165, 1.54) is 24.3 Å². The van der Waals surface area contributed by atoms with Crippen molar-refractivity contribution in [3.05, 3.63) is 71.6 Å². The summed E-state index contributed by atoms with van der Waals surface area (Å²) in [5.74, 6) is -2.93. The van der Waals surface area contributed by atoms with E-state index in [0.29, 0.717) is 12.8 Å². The number of para-hydroxylation sites is 2. The molecule has 0 radical (unpaired) electrons. The molecular formula is C22H18FNO4. The molecule has 2 atom stereocenters. The number of anilines is 1. The number of carbonyl (C=O) groups excluding carboxylic acids is 3. The maximum absolute atomic E-state index is 13.9. The van der Waals surface area contributed by atoms with Gasteiger partial charge in [-0.3, -0.25) is 9.59 Å². The predicted octanol–water partition coefficient (Wildman–Crippen LogP) is 3.89. The highest BCUT2D eigenvalue weighted by atomic mass is 19.1.